The lowest BCUT2D eigenvalue weighted by molar-refractivity contribution is -0.105. The van der Waals surface area contributed by atoms with Crippen molar-refractivity contribution >= 4 is 6.29 Å². The number of allylic oxidation sites excluding steroid dienone is 3. The number of rotatable bonds is 7. The van der Waals surface area contributed by atoms with Crippen LogP contribution >= 0.6 is 0 Å². The van der Waals surface area contributed by atoms with Crippen LogP contribution in [-0.2, 0) is 9.53 Å². The lowest BCUT2D eigenvalue weighted by Gasteiger charge is -2.58. The predicted molar refractivity (Wildman–Crippen MR) is 146 cm³/mol. The SMILES string of the molecule is C=C(C=O)CO.COC1CCC2(C)C(=CCC3C2CCC2(C)C3CCC2[C@H](C)CCC=C(C)C)C1. The average Bonchev–Trinajstić information content (AvgIpc) is 3.20. The van der Waals surface area contributed by atoms with Gasteiger partial charge in [-0.1, -0.05) is 50.6 Å². The molecule has 0 radical (unpaired) electrons. The van der Waals surface area contributed by atoms with Crippen LogP contribution in [-0.4, -0.2) is 31.2 Å². The molecule has 0 aromatic rings. The molecule has 3 heteroatoms. The topological polar surface area (TPSA) is 46.5 Å². The third-order valence-corrected chi connectivity index (χ3v) is 10.7. The second-order valence-corrected chi connectivity index (χ2v) is 12.9. The summed E-state index contributed by atoms with van der Waals surface area (Å²) in [5, 5.41) is 8.00. The van der Waals surface area contributed by atoms with Crippen LogP contribution in [0.2, 0.25) is 0 Å². The summed E-state index contributed by atoms with van der Waals surface area (Å²) in [4.78, 5) is 9.48. The lowest BCUT2D eigenvalue weighted by atomic mass is 9.47. The minimum atomic E-state index is -0.233. The lowest BCUT2D eigenvalue weighted by Crippen LogP contribution is -2.50. The Morgan fingerprint density at radius 3 is 2.54 bits per heavy atom. The molecule has 198 valence electrons. The smallest absolute Gasteiger partial charge is 0.147 e. The van der Waals surface area contributed by atoms with E-state index in [1.807, 2.05) is 7.11 Å². The quantitative estimate of drug-likeness (QED) is 0.229. The molecular weight excluding hydrogens is 432 g/mol. The summed E-state index contributed by atoms with van der Waals surface area (Å²) in [7, 11) is 1.91. The van der Waals surface area contributed by atoms with Crippen LogP contribution in [0.4, 0.5) is 0 Å². The van der Waals surface area contributed by atoms with Gasteiger partial charge in [-0.3, -0.25) is 4.79 Å². The van der Waals surface area contributed by atoms with E-state index in [2.05, 4.69) is 53.3 Å². The summed E-state index contributed by atoms with van der Waals surface area (Å²) in [5.74, 6) is 4.66. The molecule has 0 aromatic heterocycles. The third-order valence-electron chi connectivity index (χ3n) is 10.7. The van der Waals surface area contributed by atoms with Crippen molar-refractivity contribution in [3.05, 3.63) is 35.5 Å². The van der Waals surface area contributed by atoms with Gasteiger partial charge in [-0.15, -0.1) is 0 Å². The first-order chi connectivity index (χ1) is 16.6. The van der Waals surface area contributed by atoms with Gasteiger partial charge in [0.1, 0.15) is 6.29 Å². The Bertz CT molecular complexity index is 806. The molecule has 4 aliphatic rings. The van der Waals surface area contributed by atoms with Gasteiger partial charge in [0.15, 0.2) is 0 Å². The highest BCUT2D eigenvalue weighted by atomic mass is 16.5. The highest BCUT2D eigenvalue weighted by Gasteiger charge is 2.59. The van der Waals surface area contributed by atoms with Crippen molar-refractivity contribution in [2.45, 2.75) is 105 Å². The number of hydrogen-bond donors (Lipinski definition) is 1. The van der Waals surface area contributed by atoms with Crippen molar-refractivity contribution in [1.82, 2.24) is 0 Å². The normalized spacial score (nSPS) is 38.5. The summed E-state index contributed by atoms with van der Waals surface area (Å²) in [6.07, 6.45) is 19.9. The van der Waals surface area contributed by atoms with E-state index in [-0.39, 0.29) is 12.2 Å². The minimum absolute atomic E-state index is 0.218. The van der Waals surface area contributed by atoms with Crippen LogP contribution in [0.25, 0.3) is 0 Å². The van der Waals surface area contributed by atoms with Crippen LogP contribution in [0.5, 0.6) is 0 Å². The van der Waals surface area contributed by atoms with Crippen LogP contribution in [0, 0.1) is 40.4 Å². The highest BCUT2D eigenvalue weighted by molar-refractivity contribution is 5.72. The highest BCUT2D eigenvalue weighted by Crippen LogP contribution is 2.67. The first kappa shape index (κ1) is 28.4. The largest absolute Gasteiger partial charge is 0.392 e. The monoisotopic (exact) mass is 484 g/mol. The van der Waals surface area contributed by atoms with E-state index in [9.17, 15) is 4.79 Å². The Morgan fingerprint density at radius 2 is 1.94 bits per heavy atom. The molecule has 8 atom stereocenters. The third kappa shape index (κ3) is 5.87. The molecule has 0 aliphatic heterocycles. The average molecular weight is 485 g/mol. The van der Waals surface area contributed by atoms with Crippen molar-refractivity contribution in [2.24, 2.45) is 40.4 Å². The van der Waals surface area contributed by atoms with E-state index < -0.39 is 0 Å². The number of aldehydes is 1. The Hall–Kier alpha value is -1.19. The van der Waals surface area contributed by atoms with Gasteiger partial charge in [0, 0.05) is 12.7 Å². The van der Waals surface area contributed by atoms with E-state index in [0.717, 1.165) is 29.6 Å². The number of hydrogen-bond acceptors (Lipinski definition) is 3. The summed E-state index contributed by atoms with van der Waals surface area (Å²) < 4.78 is 5.75. The maximum Gasteiger partial charge on any atom is 0.147 e. The van der Waals surface area contributed by atoms with Crippen molar-refractivity contribution in [2.75, 3.05) is 13.7 Å². The fourth-order valence-electron chi connectivity index (χ4n) is 8.68. The Balaban J connectivity index is 0.000000509. The molecule has 7 unspecified atom stereocenters. The van der Waals surface area contributed by atoms with E-state index in [1.165, 1.54) is 69.8 Å². The Morgan fingerprint density at radius 1 is 1.20 bits per heavy atom. The molecule has 3 saturated carbocycles. The summed E-state index contributed by atoms with van der Waals surface area (Å²) in [5.41, 5.74) is 4.51. The molecule has 0 heterocycles. The van der Waals surface area contributed by atoms with E-state index in [0.29, 0.717) is 23.2 Å². The molecule has 3 nitrogen and oxygen atoms in total. The van der Waals surface area contributed by atoms with E-state index >= 15 is 0 Å². The first-order valence-electron chi connectivity index (χ1n) is 14.2. The zero-order valence-corrected chi connectivity index (χ0v) is 23.4. The molecule has 4 aliphatic carbocycles. The summed E-state index contributed by atoms with van der Waals surface area (Å²) >= 11 is 0. The van der Waals surface area contributed by atoms with Crippen LogP contribution < -0.4 is 0 Å². The molecule has 1 N–H and O–H groups in total. The Kier molecular flexibility index (Phi) is 9.65. The van der Waals surface area contributed by atoms with E-state index in [1.54, 1.807) is 5.57 Å². The number of carbonyl (C=O) groups is 1. The number of methoxy groups -OCH3 is 1. The zero-order valence-electron chi connectivity index (χ0n) is 23.4. The standard InChI is InChI=1S/C28H46O.C4H6O2/c1-19(2)8-7-9-20(3)24-12-13-25-23-11-10-21-18-22(29-6)14-16-27(21,4)26(23)15-17-28(24,25)5;1-4(2-5)3-6/h8,10,20,22-26H,7,9,11-18H2,1-6H3;2,6H,1,3H2/t20-,22?,23?,24?,25?,26?,27?,28?;/m1./s1. The number of carbonyl (C=O) groups excluding carboxylic acids is 1. The van der Waals surface area contributed by atoms with Gasteiger partial charge in [0.2, 0.25) is 0 Å². The molecule has 0 aromatic carbocycles. The van der Waals surface area contributed by atoms with Crippen molar-refractivity contribution in [3.63, 3.8) is 0 Å². The predicted octanol–water partition coefficient (Wildman–Crippen LogP) is 7.70. The first-order valence-corrected chi connectivity index (χ1v) is 14.2. The van der Waals surface area contributed by atoms with Crippen LogP contribution in [0.1, 0.15) is 98.8 Å². The molecule has 0 saturated heterocycles. The van der Waals surface area contributed by atoms with Crippen molar-refractivity contribution in [3.8, 4) is 0 Å². The molecule has 35 heavy (non-hydrogen) atoms. The zero-order chi connectivity index (χ0) is 25.8. The maximum absolute atomic E-state index is 9.48. The second-order valence-electron chi connectivity index (χ2n) is 12.9. The molecule has 0 spiro atoms. The molecule has 0 bridgehead atoms. The number of aliphatic hydroxyl groups excluding tert-OH is 1. The van der Waals surface area contributed by atoms with Gasteiger partial charge in [0.25, 0.3) is 0 Å². The van der Waals surface area contributed by atoms with E-state index in [4.69, 9.17) is 9.84 Å². The van der Waals surface area contributed by atoms with Crippen molar-refractivity contribution < 1.29 is 14.6 Å². The molecular formula is C32H52O3. The number of fused-ring (bicyclic) bond motifs is 5. The number of aliphatic hydroxyl groups is 1. The molecule has 4 rings (SSSR count). The van der Waals surface area contributed by atoms with Gasteiger partial charge in [-0.05, 0) is 118 Å². The van der Waals surface area contributed by atoms with Crippen LogP contribution in [0.3, 0.4) is 0 Å². The van der Waals surface area contributed by atoms with Gasteiger partial charge < -0.3 is 9.84 Å². The fraction of sp³-hybridized carbons (Fsp3) is 0.781. The Labute approximate surface area is 215 Å². The summed E-state index contributed by atoms with van der Waals surface area (Å²) in [6.45, 7) is 15.3. The van der Waals surface area contributed by atoms with Crippen LogP contribution in [0.15, 0.2) is 35.5 Å². The molecule has 3 fully saturated rings. The van der Waals surface area contributed by atoms with Gasteiger partial charge in [0.05, 0.1) is 12.7 Å². The van der Waals surface area contributed by atoms with Gasteiger partial charge in [-0.2, -0.15) is 0 Å². The summed E-state index contributed by atoms with van der Waals surface area (Å²) in [6, 6.07) is 0. The van der Waals surface area contributed by atoms with Gasteiger partial charge in [-0.25, -0.2) is 0 Å². The molecule has 0 amide bonds. The van der Waals surface area contributed by atoms with Gasteiger partial charge >= 0.3 is 0 Å². The van der Waals surface area contributed by atoms with Crippen molar-refractivity contribution in [1.29, 1.82) is 0 Å². The maximum atomic E-state index is 9.48. The minimum Gasteiger partial charge on any atom is -0.392 e. The number of ether oxygens (including phenoxy) is 1. The second kappa shape index (κ2) is 11.9. The fourth-order valence-corrected chi connectivity index (χ4v) is 8.68.